The van der Waals surface area contributed by atoms with Crippen molar-refractivity contribution in [3.63, 3.8) is 0 Å². The van der Waals surface area contributed by atoms with Gasteiger partial charge in [-0.05, 0) is 49.6 Å². The number of nitrogens with one attached hydrogen (secondary N) is 2. The summed E-state index contributed by atoms with van der Waals surface area (Å²) in [5, 5.41) is 14.7. The van der Waals surface area contributed by atoms with E-state index >= 15 is 0 Å². The van der Waals surface area contributed by atoms with E-state index in [2.05, 4.69) is 15.5 Å². The number of likely N-dealkylation sites (tertiary alicyclic amines) is 1. The smallest absolute Gasteiger partial charge is 0.325 e. The zero-order valence-corrected chi connectivity index (χ0v) is 22.6. The van der Waals surface area contributed by atoms with Gasteiger partial charge in [0.15, 0.2) is 6.29 Å². The summed E-state index contributed by atoms with van der Waals surface area (Å²) in [6.45, 7) is 4.22. The second-order valence-corrected chi connectivity index (χ2v) is 9.83. The van der Waals surface area contributed by atoms with Crippen molar-refractivity contribution in [2.75, 3.05) is 45.3 Å². The first-order valence-corrected chi connectivity index (χ1v) is 13.5. The van der Waals surface area contributed by atoms with E-state index in [4.69, 9.17) is 18.9 Å². The second kappa shape index (κ2) is 14.4. The topological polar surface area (TPSA) is 119 Å². The molecule has 2 aromatic carbocycles. The number of nitrogens with zero attached hydrogens (tertiary/aromatic N) is 1. The fourth-order valence-electron chi connectivity index (χ4n) is 5.11. The molecule has 212 valence electrons. The highest BCUT2D eigenvalue weighted by molar-refractivity contribution is 5.91. The third-order valence-corrected chi connectivity index (χ3v) is 7.03. The molecule has 3 N–H and O–H groups in total. The van der Waals surface area contributed by atoms with Crippen LogP contribution in [-0.4, -0.2) is 74.1 Å². The third kappa shape index (κ3) is 8.23. The van der Waals surface area contributed by atoms with Crippen molar-refractivity contribution in [3.05, 3.63) is 65.2 Å². The molecule has 0 saturated carbocycles. The number of anilines is 1. The van der Waals surface area contributed by atoms with Gasteiger partial charge in [-0.25, -0.2) is 4.79 Å². The van der Waals surface area contributed by atoms with Crippen LogP contribution in [-0.2, 0) is 30.3 Å². The van der Waals surface area contributed by atoms with Crippen molar-refractivity contribution in [1.29, 1.82) is 0 Å². The highest BCUT2D eigenvalue weighted by atomic mass is 16.7. The number of methoxy groups -OCH3 is 1. The van der Waals surface area contributed by atoms with Crippen LogP contribution in [0.4, 0.5) is 10.5 Å². The maximum absolute atomic E-state index is 12.3. The molecule has 2 amide bonds. The second-order valence-electron chi connectivity index (χ2n) is 9.83. The van der Waals surface area contributed by atoms with Gasteiger partial charge in [-0.2, -0.15) is 0 Å². The molecule has 2 aliphatic heterocycles. The number of urea groups is 1. The SMILES string of the molecule is CCOC(=O)CNC(=O)Nc1cccc([C@H]2O[C@@H](CN3CCC[C@H]3COC)C[C@@H](c3ccc(CO)cc3)O2)c1. The molecule has 10 nitrogen and oxygen atoms in total. The summed E-state index contributed by atoms with van der Waals surface area (Å²) in [7, 11) is 1.74. The first-order chi connectivity index (χ1) is 19.0. The van der Waals surface area contributed by atoms with Gasteiger partial charge in [-0.1, -0.05) is 36.4 Å². The Morgan fingerprint density at radius 3 is 2.69 bits per heavy atom. The summed E-state index contributed by atoms with van der Waals surface area (Å²) in [6, 6.07) is 15.0. The molecule has 0 spiro atoms. The molecule has 2 aliphatic rings. The number of benzene rings is 2. The van der Waals surface area contributed by atoms with Crippen LogP contribution in [0.15, 0.2) is 48.5 Å². The Hall–Kier alpha value is -3.02. The van der Waals surface area contributed by atoms with Crippen LogP contribution in [0.5, 0.6) is 0 Å². The van der Waals surface area contributed by atoms with Crippen LogP contribution in [0.1, 0.15) is 55.3 Å². The number of amides is 2. The normalized spacial score (nSPS) is 23.4. The molecular weight excluding hydrogens is 502 g/mol. The highest BCUT2D eigenvalue weighted by Gasteiger charge is 2.35. The predicted molar refractivity (Wildman–Crippen MR) is 145 cm³/mol. The summed E-state index contributed by atoms with van der Waals surface area (Å²) >= 11 is 0. The average molecular weight is 542 g/mol. The van der Waals surface area contributed by atoms with Crippen LogP contribution in [0.2, 0.25) is 0 Å². The fourth-order valence-corrected chi connectivity index (χ4v) is 5.11. The number of rotatable bonds is 11. The highest BCUT2D eigenvalue weighted by Crippen LogP contribution is 2.39. The Kier molecular flexibility index (Phi) is 10.7. The van der Waals surface area contributed by atoms with Gasteiger partial charge in [0, 0.05) is 37.4 Å². The minimum atomic E-state index is -0.640. The molecule has 0 radical (unpaired) electrons. The lowest BCUT2D eigenvalue weighted by molar-refractivity contribution is -0.253. The quantitative estimate of drug-likeness (QED) is 0.370. The molecule has 4 atom stereocenters. The molecule has 2 fully saturated rings. The zero-order chi connectivity index (χ0) is 27.6. The first-order valence-electron chi connectivity index (χ1n) is 13.5. The van der Waals surface area contributed by atoms with Crippen LogP contribution in [0.3, 0.4) is 0 Å². The molecule has 4 rings (SSSR count). The van der Waals surface area contributed by atoms with Gasteiger partial charge in [0.1, 0.15) is 6.54 Å². The molecular formula is C29H39N3O7. The summed E-state index contributed by atoms with van der Waals surface area (Å²) < 4.78 is 23.2. The summed E-state index contributed by atoms with van der Waals surface area (Å²) in [6.07, 6.45) is 2.03. The molecule has 2 saturated heterocycles. The minimum Gasteiger partial charge on any atom is -0.465 e. The Balaban J connectivity index is 1.48. The first kappa shape index (κ1) is 29.0. The van der Waals surface area contributed by atoms with Gasteiger partial charge < -0.3 is 34.7 Å². The minimum absolute atomic E-state index is 0.0107. The van der Waals surface area contributed by atoms with Crippen molar-refractivity contribution in [3.8, 4) is 0 Å². The molecule has 2 heterocycles. The maximum atomic E-state index is 12.3. The molecule has 10 heteroatoms. The van der Waals surface area contributed by atoms with E-state index in [0.717, 1.165) is 42.6 Å². The number of hydrogen-bond donors (Lipinski definition) is 3. The molecule has 0 unspecified atom stereocenters. The van der Waals surface area contributed by atoms with E-state index < -0.39 is 18.3 Å². The Bertz CT molecular complexity index is 1080. The van der Waals surface area contributed by atoms with Crippen molar-refractivity contribution in [1.82, 2.24) is 10.2 Å². The van der Waals surface area contributed by atoms with Gasteiger partial charge in [-0.15, -0.1) is 0 Å². The van der Waals surface area contributed by atoms with Gasteiger partial charge >= 0.3 is 12.0 Å². The average Bonchev–Trinajstić information content (AvgIpc) is 3.38. The monoisotopic (exact) mass is 541 g/mol. The van der Waals surface area contributed by atoms with Crippen molar-refractivity contribution < 1.29 is 33.6 Å². The molecule has 2 aromatic rings. The van der Waals surface area contributed by atoms with Crippen LogP contribution in [0, 0.1) is 0 Å². The lowest BCUT2D eigenvalue weighted by Gasteiger charge is -2.39. The number of esters is 1. The van der Waals surface area contributed by atoms with Gasteiger partial charge in [-0.3, -0.25) is 9.69 Å². The molecule has 0 bridgehead atoms. The van der Waals surface area contributed by atoms with E-state index in [1.807, 2.05) is 42.5 Å². The largest absolute Gasteiger partial charge is 0.465 e. The van der Waals surface area contributed by atoms with Gasteiger partial charge in [0.25, 0.3) is 0 Å². The summed E-state index contributed by atoms with van der Waals surface area (Å²) in [5.74, 6) is -0.500. The standard InChI is InChI=1S/C29H39N3O7/c1-3-37-27(34)16-30-29(35)31-23-7-4-6-22(14-23)28-38-25(17-32-13-5-8-24(32)19-36-2)15-26(39-28)21-11-9-20(18-33)10-12-21/h4,6-7,9-12,14,24-26,28,33H,3,5,8,13,15-19H2,1-2H3,(H2,30,31,35)/t24-,25+,26-,28-/m0/s1. The van der Waals surface area contributed by atoms with Crippen LogP contribution >= 0.6 is 0 Å². The third-order valence-electron chi connectivity index (χ3n) is 7.03. The van der Waals surface area contributed by atoms with Crippen molar-refractivity contribution >= 4 is 17.7 Å². The van der Waals surface area contributed by atoms with Crippen LogP contribution in [0.25, 0.3) is 0 Å². The zero-order valence-electron chi connectivity index (χ0n) is 22.6. The van der Waals surface area contributed by atoms with E-state index in [-0.39, 0.29) is 32.0 Å². The number of ether oxygens (including phenoxy) is 4. The maximum Gasteiger partial charge on any atom is 0.325 e. The van der Waals surface area contributed by atoms with E-state index in [1.165, 1.54) is 0 Å². The summed E-state index contributed by atoms with van der Waals surface area (Å²) in [5.41, 5.74) is 3.19. The Labute approximate surface area is 229 Å². The number of aliphatic hydroxyl groups is 1. The summed E-state index contributed by atoms with van der Waals surface area (Å²) in [4.78, 5) is 26.3. The van der Waals surface area contributed by atoms with Crippen LogP contribution < -0.4 is 10.6 Å². The molecule has 0 aliphatic carbocycles. The Morgan fingerprint density at radius 1 is 1.13 bits per heavy atom. The number of carbonyl (C=O) groups excluding carboxylic acids is 2. The van der Waals surface area contributed by atoms with E-state index in [0.29, 0.717) is 24.8 Å². The van der Waals surface area contributed by atoms with Gasteiger partial charge in [0.2, 0.25) is 0 Å². The van der Waals surface area contributed by atoms with Crippen molar-refractivity contribution in [2.24, 2.45) is 0 Å². The number of aliphatic hydroxyl groups excluding tert-OH is 1. The molecule has 39 heavy (non-hydrogen) atoms. The van der Waals surface area contributed by atoms with E-state index in [9.17, 15) is 14.7 Å². The number of hydrogen-bond acceptors (Lipinski definition) is 8. The Morgan fingerprint density at radius 2 is 1.95 bits per heavy atom. The van der Waals surface area contributed by atoms with Gasteiger partial charge in [0.05, 0.1) is 32.0 Å². The number of carbonyl (C=O) groups is 2. The molecule has 0 aromatic heterocycles. The lowest BCUT2D eigenvalue weighted by atomic mass is 9.99. The van der Waals surface area contributed by atoms with Crippen molar-refractivity contribution in [2.45, 2.75) is 57.3 Å². The fraction of sp³-hybridized carbons (Fsp3) is 0.517. The predicted octanol–water partition coefficient (Wildman–Crippen LogP) is 3.52. The van der Waals surface area contributed by atoms with E-state index in [1.54, 1.807) is 20.1 Å². The lowest BCUT2D eigenvalue weighted by Crippen LogP contribution is -2.42.